The number of carbonyl (C=O) groups is 1. The number of hydrogen-bond donors (Lipinski definition) is 2. The molecule has 1 aliphatic carbocycles. The fourth-order valence-corrected chi connectivity index (χ4v) is 5.34. The Bertz CT molecular complexity index is 1290. The Morgan fingerprint density at radius 1 is 1.18 bits per heavy atom. The monoisotopic (exact) mass is 606 g/mol. The maximum Gasteiger partial charge on any atom is 0.277 e. The van der Waals surface area contributed by atoms with Crippen molar-refractivity contribution in [1.82, 2.24) is 24.8 Å². The predicted octanol–water partition coefficient (Wildman–Crippen LogP) is 5.43. The third kappa shape index (κ3) is 6.66. The molecule has 2 aliphatic rings. The van der Waals surface area contributed by atoms with Crippen molar-refractivity contribution < 1.29 is 14.0 Å². The van der Waals surface area contributed by atoms with Crippen molar-refractivity contribution in [3.05, 3.63) is 51.5 Å². The second kappa shape index (κ2) is 12.3. The zero-order chi connectivity index (χ0) is 26.6. The number of hydrogen-bond acceptors (Lipinski definition) is 6. The predicted molar refractivity (Wildman–Crippen MR) is 151 cm³/mol. The van der Waals surface area contributed by atoms with E-state index in [1.54, 1.807) is 30.6 Å². The number of halogens is 3. The fraction of sp³-hybridized carbons (Fsp3) is 0.481. The molecule has 2 fully saturated rings. The van der Waals surface area contributed by atoms with Crippen LogP contribution in [0.4, 0.5) is 15.8 Å². The first-order valence-electron chi connectivity index (χ1n) is 13.1. The van der Waals surface area contributed by atoms with Crippen LogP contribution in [0.15, 0.2) is 35.1 Å². The van der Waals surface area contributed by atoms with Gasteiger partial charge in [-0.3, -0.25) is 9.63 Å². The summed E-state index contributed by atoms with van der Waals surface area (Å²) >= 11 is 9.76. The van der Waals surface area contributed by atoms with Crippen LogP contribution in [0, 0.1) is 11.7 Å². The first-order valence-corrected chi connectivity index (χ1v) is 14.3. The molecule has 0 atom stereocenters. The number of aryl methyl sites for hydroxylation is 1. The minimum absolute atomic E-state index is 0.00885. The van der Waals surface area contributed by atoms with Gasteiger partial charge in [0.05, 0.1) is 40.4 Å². The number of rotatable bonds is 11. The lowest BCUT2D eigenvalue weighted by Gasteiger charge is -2.32. The molecule has 0 spiro atoms. The summed E-state index contributed by atoms with van der Waals surface area (Å²) in [6.45, 7) is 6.56. The Morgan fingerprint density at radius 2 is 1.95 bits per heavy atom. The van der Waals surface area contributed by atoms with E-state index in [1.165, 1.54) is 0 Å². The normalized spacial score (nSPS) is 16.7. The Morgan fingerprint density at radius 3 is 2.68 bits per heavy atom. The number of nitrogens with zero attached hydrogens (tertiary/aromatic N) is 4. The van der Waals surface area contributed by atoms with Gasteiger partial charge in [-0.2, -0.15) is 0 Å². The van der Waals surface area contributed by atoms with Crippen molar-refractivity contribution in [3.63, 3.8) is 0 Å². The summed E-state index contributed by atoms with van der Waals surface area (Å²) in [6.07, 6.45) is 5.81. The number of unbranched alkanes of at least 4 members (excludes halogenated alkanes) is 1. The largest absolute Gasteiger partial charge is 0.351 e. The number of carbonyl (C=O) groups excluding carboxylic acids is 1. The molecule has 2 heterocycles. The topological polar surface area (TPSA) is 74.7 Å². The molecule has 11 heteroatoms. The van der Waals surface area contributed by atoms with Crippen LogP contribution in [0.5, 0.6) is 0 Å². The van der Waals surface area contributed by atoms with E-state index in [-0.39, 0.29) is 16.8 Å². The van der Waals surface area contributed by atoms with Gasteiger partial charge in [-0.1, -0.05) is 27.5 Å². The van der Waals surface area contributed by atoms with E-state index in [2.05, 4.69) is 48.6 Å². The smallest absolute Gasteiger partial charge is 0.277 e. The van der Waals surface area contributed by atoms with E-state index in [9.17, 15) is 4.79 Å². The van der Waals surface area contributed by atoms with Gasteiger partial charge in [-0.05, 0) is 69.5 Å². The molecule has 0 unspecified atom stereocenters. The lowest BCUT2D eigenvalue weighted by atomic mass is 10.1. The molecule has 1 aromatic heterocycles. The maximum absolute atomic E-state index is 15.9. The lowest BCUT2D eigenvalue weighted by molar-refractivity contribution is 0.0271. The van der Waals surface area contributed by atoms with Crippen molar-refractivity contribution >= 4 is 55.8 Å². The van der Waals surface area contributed by atoms with E-state index in [4.69, 9.17) is 16.4 Å². The number of benzene rings is 2. The number of anilines is 2. The van der Waals surface area contributed by atoms with Crippen molar-refractivity contribution in [2.24, 2.45) is 5.92 Å². The molecular formula is C27H33BrClFN6O2. The molecule has 1 amide bonds. The summed E-state index contributed by atoms with van der Waals surface area (Å²) in [5.74, 6) is -0.657. The summed E-state index contributed by atoms with van der Waals surface area (Å²) in [5, 5.41) is 3.41. The lowest BCUT2D eigenvalue weighted by Crippen LogP contribution is -2.44. The molecule has 2 aromatic carbocycles. The SMILES string of the molecule is CN1CCN(CCCCn2cnc3c(F)c(Nc4ccc(Br)cc4Cl)c(C(=O)NOCC4CC4)cc32)CC1. The molecule has 1 saturated carbocycles. The number of amides is 1. The van der Waals surface area contributed by atoms with E-state index in [0.29, 0.717) is 35.3 Å². The zero-order valence-electron chi connectivity index (χ0n) is 21.5. The highest BCUT2D eigenvalue weighted by atomic mass is 79.9. The molecule has 1 aliphatic heterocycles. The van der Waals surface area contributed by atoms with Gasteiger partial charge in [0, 0.05) is 37.2 Å². The molecule has 204 valence electrons. The van der Waals surface area contributed by atoms with Gasteiger partial charge in [-0.15, -0.1) is 0 Å². The van der Waals surface area contributed by atoms with Crippen LogP contribution in [-0.4, -0.2) is 71.6 Å². The van der Waals surface area contributed by atoms with Crippen LogP contribution in [0.3, 0.4) is 0 Å². The standard InChI is InChI=1S/C27H33BrClFN6O2/c1-34-10-12-35(13-11-34)8-2-3-9-36-17-31-26-23(36)15-20(27(37)33-38-16-18-4-5-18)25(24(26)30)32-22-7-6-19(28)14-21(22)29/h6-7,14-15,17-18,32H,2-5,8-13,16H2,1H3,(H,33,37). The molecule has 3 aromatic rings. The van der Waals surface area contributed by atoms with Crippen LogP contribution in [0.1, 0.15) is 36.0 Å². The van der Waals surface area contributed by atoms with Crippen molar-refractivity contribution in [2.75, 3.05) is 51.7 Å². The maximum atomic E-state index is 15.9. The Hall–Kier alpha value is -2.24. The van der Waals surface area contributed by atoms with Crippen molar-refractivity contribution in [2.45, 2.75) is 32.2 Å². The van der Waals surface area contributed by atoms with Crippen LogP contribution in [0.2, 0.25) is 5.02 Å². The van der Waals surface area contributed by atoms with Crippen LogP contribution < -0.4 is 10.8 Å². The van der Waals surface area contributed by atoms with Gasteiger partial charge in [0.1, 0.15) is 5.52 Å². The Labute approximate surface area is 235 Å². The molecular weight excluding hydrogens is 575 g/mol. The minimum atomic E-state index is -0.606. The summed E-state index contributed by atoms with van der Waals surface area (Å²) in [4.78, 5) is 27.8. The highest BCUT2D eigenvalue weighted by molar-refractivity contribution is 9.10. The third-order valence-corrected chi connectivity index (χ3v) is 8.00. The van der Waals surface area contributed by atoms with Gasteiger partial charge >= 0.3 is 0 Å². The quantitative estimate of drug-likeness (QED) is 0.224. The summed E-state index contributed by atoms with van der Waals surface area (Å²) in [5.41, 5.74) is 3.88. The van der Waals surface area contributed by atoms with Crippen molar-refractivity contribution in [1.29, 1.82) is 0 Å². The van der Waals surface area contributed by atoms with E-state index in [0.717, 1.165) is 62.9 Å². The highest BCUT2D eigenvalue weighted by Gasteiger charge is 2.25. The molecule has 2 N–H and O–H groups in total. The van der Waals surface area contributed by atoms with Gasteiger partial charge in [0.25, 0.3) is 5.91 Å². The Balaban J connectivity index is 1.35. The second-order valence-electron chi connectivity index (χ2n) is 10.2. The highest BCUT2D eigenvalue weighted by Crippen LogP contribution is 2.34. The van der Waals surface area contributed by atoms with Crippen LogP contribution >= 0.6 is 27.5 Å². The number of imidazole rings is 1. The first-order chi connectivity index (χ1) is 18.4. The van der Waals surface area contributed by atoms with Gasteiger partial charge in [0.2, 0.25) is 0 Å². The third-order valence-electron chi connectivity index (χ3n) is 7.19. The van der Waals surface area contributed by atoms with E-state index >= 15 is 4.39 Å². The average molecular weight is 608 g/mol. The molecule has 0 radical (unpaired) electrons. The summed E-state index contributed by atoms with van der Waals surface area (Å²) in [6, 6.07) is 6.90. The molecule has 38 heavy (non-hydrogen) atoms. The minimum Gasteiger partial charge on any atom is -0.351 e. The van der Waals surface area contributed by atoms with Crippen molar-refractivity contribution in [3.8, 4) is 0 Å². The van der Waals surface area contributed by atoms with Gasteiger partial charge < -0.3 is 19.7 Å². The molecule has 0 bridgehead atoms. The van der Waals surface area contributed by atoms with Gasteiger partial charge in [0.15, 0.2) is 5.82 Å². The first kappa shape index (κ1) is 27.3. The number of nitrogens with one attached hydrogen (secondary N) is 2. The number of fused-ring (bicyclic) bond motifs is 1. The summed E-state index contributed by atoms with van der Waals surface area (Å²) < 4.78 is 18.6. The van der Waals surface area contributed by atoms with E-state index in [1.807, 2.05) is 4.57 Å². The fourth-order valence-electron chi connectivity index (χ4n) is 4.62. The molecule has 8 nitrogen and oxygen atoms in total. The second-order valence-corrected chi connectivity index (χ2v) is 11.5. The molecule has 5 rings (SSSR count). The van der Waals surface area contributed by atoms with Gasteiger partial charge in [-0.25, -0.2) is 14.9 Å². The molecule has 1 saturated heterocycles. The number of aromatic nitrogens is 2. The number of hydroxylamine groups is 1. The Kier molecular flexibility index (Phi) is 8.84. The van der Waals surface area contributed by atoms with E-state index < -0.39 is 11.7 Å². The van der Waals surface area contributed by atoms with Crippen LogP contribution in [0.25, 0.3) is 11.0 Å². The number of likely N-dealkylation sites (N-methyl/N-ethyl adjacent to an activating group) is 1. The van der Waals surface area contributed by atoms with Crippen LogP contribution in [-0.2, 0) is 11.4 Å². The zero-order valence-corrected chi connectivity index (χ0v) is 23.8. The average Bonchev–Trinajstić information content (AvgIpc) is 3.63. The summed E-state index contributed by atoms with van der Waals surface area (Å²) in [7, 11) is 2.16. The number of piperazine rings is 1.